The highest BCUT2D eigenvalue weighted by atomic mass is 32.2. The first-order valence-corrected chi connectivity index (χ1v) is 6.23. The fourth-order valence-corrected chi connectivity index (χ4v) is 2.36. The molecule has 2 amide bonds. The van der Waals surface area contributed by atoms with Crippen LogP contribution in [0.3, 0.4) is 0 Å². The number of carboxylic acids is 1. The predicted octanol–water partition coefficient (Wildman–Crippen LogP) is 1.27. The molecule has 0 atom stereocenters. The number of imide groups is 1. The molecule has 5 nitrogen and oxygen atoms in total. The van der Waals surface area contributed by atoms with Crippen LogP contribution in [0.15, 0.2) is 12.1 Å². The first-order valence-electron chi connectivity index (χ1n) is 5.07. The molecule has 1 heterocycles. The van der Waals surface area contributed by atoms with E-state index < -0.39 is 40.7 Å². The van der Waals surface area contributed by atoms with Crippen molar-refractivity contribution >= 4 is 35.2 Å². The summed E-state index contributed by atoms with van der Waals surface area (Å²) < 4.78 is 26.3. The summed E-state index contributed by atoms with van der Waals surface area (Å²) in [5, 5.41) is 8.94. The van der Waals surface area contributed by atoms with Gasteiger partial charge in [0.1, 0.15) is 0 Å². The van der Waals surface area contributed by atoms with Crippen molar-refractivity contribution in [3.63, 3.8) is 0 Å². The Kier molecular flexibility index (Phi) is 3.52. The Hall–Kier alpha value is -1.96. The molecule has 0 radical (unpaired) electrons. The van der Waals surface area contributed by atoms with Crippen LogP contribution in [0.1, 0.15) is 10.4 Å². The molecule has 19 heavy (non-hydrogen) atoms. The molecule has 1 aromatic carbocycles. The molecule has 1 aliphatic rings. The van der Waals surface area contributed by atoms with E-state index in [9.17, 15) is 23.2 Å². The largest absolute Gasteiger partial charge is 0.478 e. The Morgan fingerprint density at radius 2 is 1.68 bits per heavy atom. The van der Waals surface area contributed by atoms with Gasteiger partial charge in [-0.05, 0) is 6.07 Å². The highest BCUT2D eigenvalue weighted by molar-refractivity contribution is 8.00. The van der Waals surface area contributed by atoms with E-state index >= 15 is 0 Å². The first-order chi connectivity index (χ1) is 8.91. The Bertz CT molecular complexity index is 574. The van der Waals surface area contributed by atoms with Gasteiger partial charge in [-0.25, -0.2) is 18.5 Å². The topological polar surface area (TPSA) is 74.7 Å². The normalized spacial score (nSPS) is 15.8. The second-order valence-corrected chi connectivity index (χ2v) is 4.69. The van der Waals surface area contributed by atoms with Gasteiger partial charge in [0.2, 0.25) is 11.8 Å². The molecule has 1 saturated heterocycles. The Balaban J connectivity index is 2.59. The van der Waals surface area contributed by atoms with Crippen LogP contribution < -0.4 is 4.90 Å². The van der Waals surface area contributed by atoms with Crippen LogP contribution in [0.5, 0.6) is 0 Å². The number of benzene rings is 1. The van der Waals surface area contributed by atoms with E-state index in [1.165, 1.54) is 0 Å². The number of carboxylic acid groups (broad SMARTS) is 1. The van der Waals surface area contributed by atoms with Crippen molar-refractivity contribution < 1.29 is 28.3 Å². The van der Waals surface area contributed by atoms with Crippen LogP contribution in [0.2, 0.25) is 0 Å². The minimum atomic E-state index is -1.55. The van der Waals surface area contributed by atoms with Crippen molar-refractivity contribution in [2.45, 2.75) is 0 Å². The molecule has 2 rings (SSSR count). The number of amides is 2. The van der Waals surface area contributed by atoms with Crippen LogP contribution in [0.25, 0.3) is 0 Å². The summed E-state index contributed by atoms with van der Waals surface area (Å²) in [6.07, 6.45) is 0. The predicted molar refractivity (Wildman–Crippen MR) is 63.1 cm³/mol. The molecule has 1 fully saturated rings. The molecule has 100 valence electrons. The maximum atomic E-state index is 13.2. The summed E-state index contributed by atoms with van der Waals surface area (Å²) in [4.78, 5) is 34.9. The number of rotatable bonds is 2. The number of halogens is 2. The summed E-state index contributed by atoms with van der Waals surface area (Å²) in [5.74, 6) is -5.59. The van der Waals surface area contributed by atoms with Crippen molar-refractivity contribution in [2.75, 3.05) is 16.4 Å². The fraction of sp³-hybridized carbons (Fsp3) is 0.182. The summed E-state index contributed by atoms with van der Waals surface area (Å²) in [6, 6.07) is 1.000. The minimum Gasteiger partial charge on any atom is -0.478 e. The van der Waals surface area contributed by atoms with E-state index in [1.54, 1.807) is 0 Å². The maximum Gasteiger partial charge on any atom is 0.337 e. The molecular formula is C11H7F2NO4S. The van der Waals surface area contributed by atoms with Crippen molar-refractivity contribution in [1.29, 1.82) is 0 Å². The number of hydrogen-bond acceptors (Lipinski definition) is 4. The van der Waals surface area contributed by atoms with Gasteiger partial charge in [0.05, 0.1) is 22.8 Å². The van der Waals surface area contributed by atoms with Crippen LogP contribution in [-0.4, -0.2) is 34.4 Å². The fourth-order valence-electron chi connectivity index (χ4n) is 1.66. The SMILES string of the molecule is O=C(O)c1cc(F)c(F)cc1N1C(=O)CSCC1=O. The first kappa shape index (κ1) is 13.5. The third-order valence-corrected chi connectivity index (χ3v) is 3.36. The molecule has 1 N–H and O–H groups in total. The lowest BCUT2D eigenvalue weighted by Gasteiger charge is -2.25. The Morgan fingerprint density at radius 1 is 1.16 bits per heavy atom. The lowest BCUT2D eigenvalue weighted by molar-refractivity contribution is -0.124. The lowest BCUT2D eigenvalue weighted by Crippen LogP contribution is -2.44. The number of hydrogen-bond donors (Lipinski definition) is 1. The average Bonchev–Trinajstić information content (AvgIpc) is 2.32. The smallest absolute Gasteiger partial charge is 0.337 e. The standard InChI is InChI=1S/C11H7F2NO4S/c12-6-1-5(11(17)18)8(2-7(6)13)14-9(15)3-19-4-10(14)16/h1-2H,3-4H2,(H,17,18). The number of carbonyl (C=O) groups excluding carboxylic acids is 2. The van der Waals surface area contributed by atoms with Gasteiger partial charge in [0, 0.05) is 6.07 Å². The monoisotopic (exact) mass is 287 g/mol. The van der Waals surface area contributed by atoms with E-state index in [-0.39, 0.29) is 11.5 Å². The summed E-state index contributed by atoms with van der Waals surface area (Å²) >= 11 is 1.08. The lowest BCUT2D eigenvalue weighted by atomic mass is 10.1. The van der Waals surface area contributed by atoms with Crippen molar-refractivity contribution in [1.82, 2.24) is 0 Å². The second-order valence-electron chi connectivity index (χ2n) is 3.70. The van der Waals surface area contributed by atoms with Gasteiger partial charge < -0.3 is 5.11 Å². The summed E-state index contributed by atoms with van der Waals surface area (Å²) in [5.41, 5.74) is -1.07. The van der Waals surface area contributed by atoms with Gasteiger partial charge in [-0.15, -0.1) is 11.8 Å². The van der Waals surface area contributed by atoms with Crippen molar-refractivity contribution in [3.8, 4) is 0 Å². The number of aromatic carboxylic acids is 1. The third-order valence-electron chi connectivity index (χ3n) is 2.46. The molecule has 1 aliphatic heterocycles. The van der Waals surface area contributed by atoms with Crippen LogP contribution in [0.4, 0.5) is 14.5 Å². The Morgan fingerprint density at radius 3 is 2.21 bits per heavy atom. The van der Waals surface area contributed by atoms with Gasteiger partial charge in [0.15, 0.2) is 11.6 Å². The molecule has 0 bridgehead atoms. The molecule has 0 saturated carbocycles. The van der Waals surface area contributed by atoms with E-state index in [4.69, 9.17) is 5.11 Å². The molecular weight excluding hydrogens is 280 g/mol. The molecule has 1 aromatic rings. The zero-order valence-electron chi connectivity index (χ0n) is 9.35. The van der Waals surface area contributed by atoms with E-state index in [2.05, 4.69) is 0 Å². The van der Waals surface area contributed by atoms with Gasteiger partial charge in [-0.1, -0.05) is 0 Å². The maximum absolute atomic E-state index is 13.2. The molecule has 0 spiro atoms. The van der Waals surface area contributed by atoms with E-state index in [0.717, 1.165) is 11.8 Å². The van der Waals surface area contributed by atoms with Crippen LogP contribution >= 0.6 is 11.8 Å². The van der Waals surface area contributed by atoms with Gasteiger partial charge in [-0.2, -0.15) is 0 Å². The van der Waals surface area contributed by atoms with E-state index in [1.807, 2.05) is 0 Å². The second kappa shape index (κ2) is 4.96. The Labute approximate surface area is 110 Å². The summed E-state index contributed by atoms with van der Waals surface area (Å²) in [7, 11) is 0. The quantitative estimate of drug-likeness (QED) is 0.829. The van der Waals surface area contributed by atoms with Crippen molar-refractivity contribution in [2.24, 2.45) is 0 Å². The molecule has 8 heteroatoms. The number of carbonyl (C=O) groups is 3. The summed E-state index contributed by atoms with van der Waals surface area (Å²) in [6.45, 7) is 0. The average molecular weight is 287 g/mol. The number of nitrogens with zero attached hydrogens (tertiary/aromatic N) is 1. The highest BCUT2D eigenvalue weighted by Crippen LogP contribution is 2.27. The van der Waals surface area contributed by atoms with Gasteiger partial charge >= 0.3 is 5.97 Å². The highest BCUT2D eigenvalue weighted by Gasteiger charge is 2.32. The van der Waals surface area contributed by atoms with Gasteiger partial charge in [0.25, 0.3) is 0 Å². The van der Waals surface area contributed by atoms with Gasteiger partial charge in [-0.3, -0.25) is 9.59 Å². The number of thioether (sulfide) groups is 1. The van der Waals surface area contributed by atoms with Crippen LogP contribution in [-0.2, 0) is 9.59 Å². The molecule has 0 aliphatic carbocycles. The zero-order valence-corrected chi connectivity index (χ0v) is 10.2. The molecule has 0 aromatic heterocycles. The van der Waals surface area contributed by atoms with Crippen molar-refractivity contribution in [3.05, 3.63) is 29.3 Å². The van der Waals surface area contributed by atoms with Crippen LogP contribution in [0, 0.1) is 11.6 Å². The third kappa shape index (κ3) is 2.43. The molecule has 0 unspecified atom stereocenters. The zero-order chi connectivity index (χ0) is 14.2. The number of anilines is 1. The van der Waals surface area contributed by atoms with E-state index in [0.29, 0.717) is 17.0 Å². The minimum absolute atomic E-state index is 0.0240.